The van der Waals surface area contributed by atoms with Crippen molar-refractivity contribution < 1.29 is 5.84 Å². The standard InChI is InChI=1S/C4H4O.CH2Cl2/c1-2-4-5-3-1;2-1-3/h1-4H;1H2/p+1. The van der Waals surface area contributed by atoms with Gasteiger partial charge in [-0.3, -0.25) is 0 Å². The lowest BCUT2D eigenvalue weighted by Gasteiger charge is -1.50. The Labute approximate surface area is 59.7 Å². The summed E-state index contributed by atoms with van der Waals surface area (Å²) >= 11 is 9.53. The van der Waals surface area contributed by atoms with E-state index in [0.29, 0.717) is 0 Å². The molecule has 0 aliphatic carbocycles. The predicted molar refractivity (Wildman–Crippen MR) is 36.4 cm³/mol. The molecular formula is C5H7Cl2O+. The molecule has 1 aromatic rings. The third kappa shape index (κ3) is 5.86. The largest absolute Gasteiger partial charge is 1.00 e. The minimum absolute atomic E-state index is 0. The van der Waals surface area contributed by atoms with Crippen molar-refractivity contribution in [2.45, 2.75) is 0 Å². The van der Waals surface area contributed by atoms with Crippen LogP contribution in [0, 0.1) is 0 Å². The van der Waals surface area contributed by atoms with E-state index in [1.807, 2.05) is 12.1 Å². The van der Waals surface area contributed by atoms with Crippen molar-refractivity contribution >= 4 is 23.2 Å². The number of furan rings is 1. The lowest BCUT2D eigenvalue weighted by molar-refractivity contribution is 0.567. The molecule has 0 fully saturated rings. The number of rotatable bonds is 0. The SMILES string of the molecule is ClCCl.[H+].c1ccoc1. The molecule has 0 radical (unpaired) electrons. The van der Waals surface area contributed by atoms with E-state index in [2.05, 4.69) is 4.42 Å². The summed E-state index contributed by atoms with van der Waals surface area (Å²) in [7, 11) is 0. The third-order valence-corrected chi connectivity index (χ3v) is 0.425. The third-order valence-electron chi connectivity index (χ3n) is 0.425. The Balaban J connectivity index is 0. The highest BCUT2D eigenvalue weighted by Crippen LogP contribution is 1.79. The molecule has 1 nitrogen and oxygen atoms in total. The summed E-state index contributed by atoms with van der Waals surface area (Å²) in [5.41, 5.74) is 0. The van der Waals surface area contributed by atoms with Crippen LogP contribution in [0.5, 0.6) is 0 Å². The molecule has 0 saturated carbocycles. The smallest absolute Gasteiger partial charge is 0.473 e. The van der Waals surface area contributed by atoms with Crippen LogP contribution in [0.25, 0.3) is 0 Å². The molecule has 0 unspecified atom stereocenters. The van der Waals surface area contributed by atoms with Crippen molar-refractivity contribution in [3.05, 3.63) is 24.7 Å². The summed E-state index contributed by atoms with van der Waals surface area (Å²) in [5.74, 6) is 0. The maximum atomic E-state index is 4.76. The number of hydrogen-bond acceptors (Lipinski definition) is 1. The molecular weight excluding hydrogens is 147 g/mol. The van der Waals surface area contributed by atoms with Crippen molar-refractivity contribution in [1.82, 2.24) is 0 Å². The zero-order valence-electron chi connectivity index (χ0n) is 5.18. The van der Waals surface area contributed by atoms with Crippen LogP contribution in [0.1, 0.15) is 1.43 Å². The van der Waals surface area contributed by atoms with Crippen LogP contribution in [-0.4, -0.2) is 5.34 Å². The van der Waals surface area contributed by atoms with E-state index in [4.69, 9.17) is 23.2 Å². The van der Waals surface area contributed by atoms with Gasteiger partial charge in [-0.2, -0.15) is 0 Å². The molecule has 0 bridgehead atoms. The summed E-state index contributed by atoms with van der Waals surface area (Å²) < 4.78 is 4.58. The topological polar surface area (TPSA) is 13.1 Å². The zero-order valence-corrected chi connectivity index (χ0v) is 5.69. The number of alkyl halides is 2. The van der Waals surface area contributed by atoms with Crippen molar-refractivity contribution in [3.8, 4) is 0 Å². The van der Waals surface area contributed by atoms with E-state index >= 15 is 0 Å². The van der Waals surface area contributed by atoms with Crippen LogP contribution >= 0.6 is 23.2 Å². The van der Waals surface area contributed by atoms with Gasteiger partial charge in [0, 0.05) is 0 Å². The lowest BCUT2D eigenvalue weighted by Crippen LogP contribution is -1.24. The second-order valence-electron chi connectivity index (χ2n) is 0.894. The maximum Gasteiger partial charge on any atom is 1.00 e. The van der Waals surface area contributed by atoms with Gasteiger partial charge < -0.3 is 4.42 Å². The second-order valence-corrected chi connectivity index (χ2v) is 1.70. The van der Waals surface area contributed by atoms with Gasteiger partial charge in [0.1, 0.15) is 0 Å². The Hall–Kier alpha value is -0.140. The fourth-order valence-corrected chi connectivity index (χ4v) is 0.227. The highest BCUT2D eigenvalue weighted by molar-refractivity contribution is 6.40. The Bertz CT molecular complexity index is 81.9. The molecule has 1 aromatic heterocycles. The summed E-state index contributed by atoms with van der Waals surface area (Å²) in [5, 5.41) is 0.194. The first kappa shape index (κ1) is 7.86. The molecule has 1 rings (SSSR count). The molecule has 0 aliphatic heterocycles. The van der Waals surface area contributed by atoms with Crippen LogP contribution in [-0.2, 0) is 0 Å². The number of hydrogen-bond donors (Lipinski definition) is 0. The van der Waals surface area contributed by atoms with Gasteiger partial charge in [-0.25, -0.2) is 0 Å². The summed E-state index contributed by atoms with van der Waals surface area (Å²) in [6.45, 7) is 0. The average Bonchev–Trinajstić information content (AvgIpc) is 2.17. The molecule has 3 heteroatoms. The van der Waals surface area contributed by atoms with Crippen LogP contribution in [0.3, 0.4) is 0 Å². The van der Waals surface area contributed by atoms with E-state index in [0.717, 1.165) is 0 Å². The van der Waals surface area contributed by atoms with E-state index < -0.39 is 0 Å². The van der Waals surface area contributed by atoms with Crippen molar-refractivity contribution in [1.29, 1.82) is 0 Å². The second kappa shape index (κ2) is 6.86. The Kier molecular flexibility index (Phi) is 6.74. The molecule has 0 N–H and O–H groups in total. The summed E-state index contributed by atoms with van der Waals surface area (Å²) in [4.78, 5) is 0. The fraction of sp³-hybridized carbons (Fsp3) is 0.200. The lowest BCUT2D eigenvalue weighted by atomic mass is 10.7. The molecule has 0 spiro atoms. The molecule has 8 heavy (non-hydrogen) atoms. The Morgan fingerprint density at radius 1 is 1.25 bits per heavy atom. The van der Waals surface area contributed by atoms with Crippen LogP contribution < -0.4 is 0 Å². The number of halogens is 2. The molecule has 0 saturated heterocycles. The molecule has 0 atom stereocenters. The predicted octanol–water partition coefficient (Wildman–Crippen LogP) is 2.81. The Morgan fingerprint density at radius 3 is 1.75 bits per heavy atom. The summed E-state index contributed by atoms with van der Waals surface area (Å²) in [6.07, 6.45) is 3.25. The first-order valence-corrected chi connectivity index (χ1v) is 3.07. The average molecular weight is 154 g/mol. The minimum atomic E-state index is 0. The van der Waals surface area contributed by atoms with Gasteiger partial charge in [0.05, 0.1) is 17.9 Å². The molecule has 0 aliphatic rings. The van der Waals surface area contributed by atoms with Crippen LogP contribution in [0.2, 0.25) is 0 Å². The van der Waals surface area contributed by atoms with E-state index in [1.165, 1.54) is 0 Å². The normalized spacial score (nSPS) is 7.25. The quantitative estimate of drug-likeness (QED) is 0.523. The maximum absolute atomic E-state index is 4.76. The molecule has 1 heterocycles. The fourth-order valence-electron chi connectivity index (χ4n) is 0.227. The summed E-state index contributed by atoms with van der Waals surface area (Å²) in [6, 6.07) is 3.67. The van der Waals surface area contributed by atoms with Crippen molar-refractivity contribution in [3.63, 3.8) is 0 Å². The highest BCUT2D eigenvalue weighted by Gasteiger charge is 1.58. The minimum Gasteiger partial charge on any atom is -0.473 e. The zero-order chi connectivity index (χ0) is 6.24. The van der Waals surface area contributed by atoms with Crippen molar-refractivity contribution in [2.75, 3.05) is 5.34 Å². The van der Waals surface area contributed by atoms with Gasteiger partial charge in [0.2, 0.25) is 0 Å². The first-order valence-electron chi connectivity index (χ1n) is 2.01. The van der Waals surface area contributed by atoms with E-state index in [-0.39, 0.29) is 6.77 Å². The first-order chi connectivity index (χ1) is 3.91. The monoisotopic (exact) mass is 153 g/mol. The van der Waals surface area contributed by atoms with Gasteiger partial charge in [-0.1, -0.05) is 0 Å². The van der Waals surface area contributed by atoms with Gasteiger partial charge in [-0.15, -0.1) is 23.2 Å². The van der Waals surface area contributed by atoms with Gasteiger partial charge in [0.15, 0.2) is 0 Å². The highest BCUT2D eigenvalue weighted by atomic mass is 35.5. The van der Waals surface area contributed by atoms with E-state index in [9.17, 15) is 0 Å². The molecule has 0 amide bonds. The van der Waals surface area contributed by atoms with E-state index in [1.54, 1.807) is 12.5 Å². The molecule has 0 aromatic carbocycles. The van der Waals surface area contributed by atoms with Gasteiger partial charge >= 0.3 is 1.43 Å². The van der Waals surface area contributed by atoms with Gasteiger partial charge in [-0.05, 0) is 12.1 Å². The Morgan fingerprint density at radius 2 is 1.62 bits per heavy atom. The van der Waals surface area contributed by atoms with Gasteiger partial charge in [0.25, 0.3) is 0 Å². The van der Waals surface area contributed by atoms with Crippen LogP contribution in [0.15, 0.2) is 29.1 Å². The van der Waals surface area contributed by atoms with Crippen LogP contribution in [0.4, 0.5) is 0 Å². The molecule has 46 valence electrons. The van der Waals surface area contributed by atoms with Crippen molar-refractivity contribution in [2.24, 2.45) is 0 Å².